The maximum Gasteiger partial charge on any atom is 0.472 e. The van der Waals surface area contributed by atoms with Crippen LogP contribution < -0.4 is 5.73 Å². The number of phosphoric ester groups is 1. The fraction of sp³-hybridized carbons (Fsp3) is 0.544. The highest BCUT2D eigenvalue weighted by Crippen LogP contribution is 2.43. The normalized spacial score (nSPS) is 14.2. The van der Waals surface area contributed by atoms with Crippen LogP contribution in [-0.4, -0.2) is 49.3 Å². The average molecular weight is 1250 g/mol. The van der Waals surface area contributed by atoms with Crippen molar-refractivity contribution in [1.82, 2.24) is 0 Å². The second kappa shape index (κ2) is 71.7. The van der Waals surface area contributed by atoms with Gasteiger partial charge in [0.2, 0.25) is 0 Å². The number of allylic oxidation sites excluding steroid dienone is 34. The SMILES string of the molecule is CC/C=C\C/C=C\C/C=C\C/C=C\C/C=C\C/C=C\C/C=C\C/C=C\C/C=C\C/C=C\C/C=C\CCCCCCCCCC(=O)OC(COC(=O)CCCCCCCCCC/C=C\C/C=C\C/C=C\C/C=C\C/C=C\C/C=C\CC)COP(=O)(O)OCCN. The van der Waals surface area contributed by atoms with E-state index in [0.29, 0.717) is 12.8 Å². The lowest BCUT2D eigenvalue weighted by molar-refractivity contribution is -0.161. The van der Waals surface area contributed by atoms with Gasteiger partial charge in [-0.2, -0.15) is 0 Å². The number of unbranched alkanes of at least 4 members (excludes halogenated alkanes) is 15. The number of esters is 2. The summed E-state index contributed by atoms with van der Waals surface area (Å²) in [6.45, 7) is 3.47. The van der Waals surface area contributed by atoms with Crippen molar-refractivity contribution < 1.29 is 37.6 Å². The van der Waals surface area contributed by atoms with E-state index in [0.717, 1.165) is 167 Å². The van der Waals surface area contributed by atoms with E-state index in [-0.39, 0.29) is 32.6 Å². The molecule has 2 atom stereocenters. The highest BCUT2D eigenvalue weighted by atomic mass is 31.2. The molecule has 0 aliphatic carbocycles. The second-order valence-corrected chi connectivity index (χ2v) is 23.4. The molecule has 9 nitrogen and oxygen atoms in total. The van der Waals surface area contributed by atoms with Crippen molar-refractivity contribution in [2.45, 2.75) is 251 Å². The predicted molar refractivity (Wildman–Crippen MR) is 385 cm³/mol. The van der Waals surface area contributed by atoms with Gasteiger partial charge in [0.25, 0.3) is 0 Å². The van der Waals surface area contributed by atoms with Crippen LogP contribution in [-0.2, 0) is 32.7 Å². The third kappa shape index (κ3) is 71.5. The maximum absolute atomic E-state index is 12.8. The highest BCUT2D eigenvalue weighted by Gasteiger charge is 2.26. The topological polar surface area (TPSA) is 134 Å². The average Bonchev–Trinajstić information content (AvgIpc) is 3.58. The molecule has 0 aliphatic rings. The third-order valence-electron chi connectivity index (χ3n) is 13.7. The molecule has 0 rings (SSSR count). The Kier molecular flexibility index (Phi) is 67.3. The number of ether oxygens (including phenoxy) is 2. The van der Waals surface area contributed by atoms with Gasteiger partial charge in [-0.3, -0.25) is 18.6 Å². The van der Waals surface area contributed by atoms with Crippen LogP contribution in [0.1, 0.15) is 245 Å². The Morgan fingerprint density at radius 1 is 0.337 bits per heavy atom. The first-order valence-corrected chi connectivity index (χ1v) is 36.1. The molecule has 0 aromatic carbocycles. The van der Waals surface area contributed by atoms with Gasteiger partial charge in [-0.15, -0.1) is 0 Å². The summed E-state index contributed by atoms with van der Waals surface area (Å²) < 4.78 is 33.1. The van der Waals surface area contributed by atoms with Crippen LogP contribution in [0.4, 0.5) is 0 Å². The lowest BCUT2D eigenvalue weighted by Crippen LogP contribution is -2.29. The summed E-state index contributed by atoms with van der Waals surface area (Å²) in [6, 6.07) is 0. The first kappa shape index (κ1) is 83.6. The van der Waals surface area contributed by atoms with Gasteiger partial charge in [-0.25, -0.2) is 4.57 Å². The largest absolute Gasteiger partial charge is 0.472 e. The molecule has 3 N–H and O–H groups in total. The van der Waals surface area contributed by atoms with E-state index >= 15 is 0 Å². The molecule has 0 aliphatic heterocycles. The molecule has 89 heavy (non-hydrogen) atoms. The van der Waals surface area contributed by atoms with Crippen molar-refractivity contribution in [1.29, 1.82) is 0 Å². The summed E-state index contributed by atoms with van der Waals surface area (Å²) >= 11 is 0. The predicted octanol–water partition coefficient (Wildman–Crippen LogP) is 23.1. The first-order valence-electron chi connectivity index (χ1n) is 34.6. The van der Waals surface area contributed by atoms with Crippen LogP contribution >= 0.6 is 7.82 Å². The molecule has 0 spiro atoms. The monoisotopic (exact) mass is 1250 g/mol. The molecule has 0 aromatic rings. The standard InChI is InChI=1S/C79H124NO8P/c1-3-5-7-9-11-13-15-17-19-21-23-25-27-29-31-32-33-34-35-36-37-38-39-40-41-42-43-44-46-48-50-52-54-56-58-60-62-64-66-68-70-72-79(82)88-77(76-87-89(83,84)86-74-73-80)75-85-78(81)71-69-67-65-63-61-59-57-55-53-51-49-47-45-30-28-26-24-22-20-18-16-14-12-10-8-6-4-2/h5-8,11-14,17-20,23-26,29-31,33-34,36-37,39-40,42-43,45-46,48-49,51-52,54,77H,3-4,9-10,15-16,21-22,27-28,32,35,38,41,44,47,50,53,55-76,80H2,1-2H3,(H,83,84)/b7-5-,8-6-,13-11-,14-12-,19-17-,20-18-,25-23-,26-24-,31-29-,34-33-,37-36-,40-39-,43-42-,45-30-,48-46-,51-49-,54-52-. The van der Waals surface area contributed by atoms with Gasteiger partial charge in [-0.05, 0) is 148 Å². The van der Waals surface area contributed by atoms with E-state index in [1.54, 1.807) is 0 Å². The molecule has 10 heteroatoms. The number of phosphoric acid groups is 1. The molecule has 0 fully saturated rings. The summed E-state index contributed by atoms with van der Waals surface area (Å²) in [4.78, 5) is 35.3. The number of nitrogens with two attached hydrogens (primary N) is 1. The fourth-order valence-corrected chi connectivity index (χ4v) is 9.41. The zero-order valence-electron chi connectivity index (χ0n) is 55.8. The van der Waals surface area contributed by atoms with Crippen LogP contribution in [0.25, 0.3) is 0 Å². The maximum atomic E-state index is 12.8. The van der Waals surface area contributed by atoms with Crippen LogP contribution in [0.15, 0.2) is 207 Å². The molecule has 0 saturated heterocycles. The molecule has 0 saturated carbocycles. The zero-order valence-corrected chi connectivity index (χ0v) is 56.7. The molecule has 0 bridgehead atoms. The molecule has 0 radical (unpaired) electrons. The lowest BCUT2D eigenvalue weighted by Gasteiger charge is -2.19. The van der Waals surface area contributed by atoms with Crippen LogP contribution in [0.5, 0.6) is 0 Å². The number of hydrogen-bond acceptors (Lipinski definition) is 8. The first-order chi connectivity index (χ1) is 43.8. The van der Waals surface area contributed by atoms with Crippen LogP contribution in [0.3, 0.4) is 0 Å². The van der Waals surface area contributed by atoms with Gasteiger partial charge in [0.1, 0.15) is 6.61 Å². The minimum atomic E-state index is -4.41. The van der Waals surface area contributed by atoms with Crippen molar-refractivity contribution in [2.75, 3.05) is 26.4 Å². The third-order valence-corrected chi connectivity index (χ3v) is 14.6. The smallest absolute Gasteiger partial charge is 0.462 e. The van der Waals surface area contributed by atoms with Gasteiger partial charge < -0.3 is 20.1 Å². The zero-order chi connectivity index (χ0) is 64.4. The van der Waals surface area contributed by atoms with Crippen LogP contribution in [0, 0.1) is 0 Å². The summed E-state index contributed by atoms with van der Waals surface area (Å²) in [7, 11) is -4.41. The molecule has 498 valence electrons. The molecule has 2 unspecified atom stereocenters. The number of carbonyl (C=O) groups is 2. The highest BCUT2D eigenvalue weighted by molar-refractivity contribution is 7.47. The lowest BCUT2D eigenvalue weighted by atomic mass is 10.1. The van der Waals surface area contributed by atoms with Crippen molar-refractivity contribution in [3.8, 4) is 0 Å². The summed E-state index contributed by atoms with van der Waals surface area (Å²) in [5.41, 5.74) is 5.40. The summed E-state index contributed by atoms with van der Waals surface area (Å²) in [5, 5.41) is 0. The van der Waals surface area contributed by atoms with Gasteiger partial charge in [-0.1, -0.05) is 291 Å². The Bertz CT molecular complexity index is 2210. The van der Waals surface area contributed by atoms with E-state index in [9.17, 15) is 19.0 Å². The van der Waals surface area contributed by atoms with Crippen molar-refractivity contribution in [3.63, 3.8) is 0 Å². The fourth-order valence-electron chi connectivity index (χ4n) is 8.64. The van der Waals surface area contributed by atoms with E-state index < -0.39 is 32.5 Å². The number of hydrogen-bond donors (Lipinski definition) is 2. The van der Waals surface area contributed by atoms with E-state index in [2.05, 4.69) is 220 Å². The molecule has 0 heterocycles. The summed E-state index contributed by atoms with van der Waals surface area (Å²) in [6.07, 6.45) is 110. The Morgan fingerprint density at radius 3 is 0.865 bits per heavy atom. The minimum absolute atomic E-state index is 0.0391. The van der Waals surface area contributed by atoms with Crippen molar-refractivity contribution >= 4 is 19.8 Å². The van der Waals surface area contributed by atoms with E-state index in [4.69, 9.17) is 24.3 Å². The molecular weight excluding hydrogens is 1120 g/mol. The Labute approximate surface area is 544 Å². The van der Waals surface area contributed by atoms with E-state index in [1.165, 1.54) is 38.5 Å². The van der Waals surface area contributed by atoms with Crippen molar-refractivity contribution in [2.24, 2.45) is 5.73 Å². The number of carbonyl (C=O) groups excluding carboxylic acids is 2. The molecule has 0 amide bonds. The summed E-state index contributed by atoms with van der Waals surface area (Å²) in [5.74, 6) is -0.865. The Balaban J connectivity index is 4.03. The van der Waals surface area contributed by atoms with Gasteiger partial charge in [0.15, 0.2) is 6.10 Å². The number of rotatable bonds is 62. The quantitative estimate of drug-likeness (QED) is 0.0264. The molecule has 0 aromatic heterocycles. The van der Waals surface area contributed by atoms with Crippen LogP contribution in [0.2, 0.25) is 0 Å². The van der Waals surface area contributed by atoms with Crippen molar-refractivity contribution in [3.05, 3.63) is 207 Å². The molecular formula is C79H124NO8P. The van der Waals surface area contributed by atoms with E-state index in [1.807, 2.05) is 0 Å². The second-order valence-electron chi connectivity index (χ2n) is 21.9. The Morgan fingerprint density at radius 2 is 0.584 bits per heavy atom. The van der Waals surface area contributed by atoms with Gasteiger partial charge in [0, 0.05) is 19.4 Å². The van der Waals surface area contributed by atoms with Gasteiger partial charge in [0.05, 0.1) is 13.2 Å². The van der Waals surface area contributed by atoms with Gasteiger partial charge >= 0.3 is 19.8 Å². The minimum Gasteiger partial charge on any atom is -0.462 e. The Hall–Kier alpha value is -5.41.